The summed E-state index contributed by atoms with van der Waals surface area (Å²) in [4.78, 5) is 12.4. The van der Waals surface area contributed by atoms with Gasteiger partial charge in [-0.15, -0.1) is 0 Å². The van der Waals surface area contributed by atoms with Crippen molar-refractivity contribution in [1.29, 1.82) is 5.26 Å². The number of halogens is 3. The summed E-state index contributed by atoms with van der Waals surface area (Å²) < 4.78 is 5.71. The van der Waals surface area contributed by atoms with E-state index in [0.717, 1.165) is 0 Å². The lowest BCUT2D eigenvalue weighted by Gasteiger charge is -2.09. The van der Waals surface area contributed by atoms with Gasteiger partial charge in [-0.3, -0.25) is 4.79 Å². The lowest BCUT2D eigenvalue weighted by molar-refractivity contribution is -0.112. The lowest BCUT2D eigenvalue weighted by Crippen LogP contribution is -2.13. The quantitative estimate of drug-likeness (QED) is 0.466. The highest BCUT2D eigenvalue weighted by molar-refractivity contribution is 9.10. The van der Waals surface area contributed by atoms with E-state index in [1.54, 1.807) is 25.1 Å². The zero-order valence-corrected chi connectivity index (χ0v) is 16.6. The third-order valence-corrected chi connectivity index (χ3v) is 4.37. The topological polar surface area (TPSA) is 82.3 Å². The Morgan fingerprint density at radius 2 is 2.12 bits per heavy atom. The molecule has 0 bridgehead atoms. The molecule has 0 saturated heterocycles. The number of phenols is 1. The number of ether oxygens (including phenoxy) is 1. The summed E-state index contributed by atoms with van der Waals surface area (Å²) in [7, 11) is 0. The van der Waals surface area contributed by atoms with Crippen molar-refractivity contribution in [3.8, 4) is 17.6 Å². The van der Waals surface area contributed by atoms with Crippen LogP contribution in [0, 0.1) is 11.3 Å². The molecule has 0 aliphatic rings. The van der Waals surface area contributed by atoms with Crippen molar-refractivity contribution in [2.24, 2.45) is 0 Å². The van der Waals surface area contributed by atoms with E-state index in [2.05, 4.69) is 21.2 Å². The molecule has 2 N–H and O–H groups in total. The largest absolute Gasteiger partial charge is 0.503 e. The first kappa shape index (κ1) is 20.1. The van der Waals surface area contributed by atoms with E-state index in [9.17, 15) is 15.2 Å². The maximum atomic E-state index is 12.4. The summed E-state index contributed by atoms with van der Waals surface area (Å²) in [6, 6.07) is 9.55. The second kappa shape index (κ2) is 8.95. The van der Waals surface area contributed by atoms with Crippen molar-refractivity contribution in [3.05, 3.63) is 56.0 Å². The number of carbonyl (C=O) groups excluding carboxylic acids is 1. The van der Waals surface area contributed by atoms with Gasteiger partial charge in [0.15, 0.2) is 11.5 Å². The van der Waals surface area contributed by atoms with Gasteiger partial charge in [0.2, 0.25) is 0 Å². The van der Waals surface area contributed by atoms with Gasteiger partial charge in [-0.2, -0.15) is 5.26 Å². The number of hydrogen-bond acceptors (Lipinski definition) is 4. The number of aromatic hydroxyl groups is 1. The lowest BCUT2D eigenvalue weighted by atomic mass is 10.1. The highest BCUT2D eigenvalue weighted by Crippen LogP contribution is 2.36. The number of amides is 1. The van der Waals surface area contributed by atoms with Crippen molar-refractivity contribution >= 4 is 56.8 Å². The highest BCUT2D eigenvalue weighted by Gasteiger charge is 2.14. The maximum absolute atomic E-state index is 12.4. The number of anilines is 1. The molecule has 0 saturated carbocycles. The molecule has 0 unspecified atom stereocenters. The molecule has 0 atom stereocenters. The van der Waals surface area contributed by atoms with Crippen LogP contribution in [0.2, 0.25) is 10.0 Å². The summed E-state index contributed by atoms with van der Waals surface area (Å²) in [5.74, 6) is -0.458. The standard InChI is InChI=1S/C18H13BrCl2N2O3/c1-2-26-16-7-10(6-13(19)17(16)24)5-11(9-22)18(25)23-15-8-12(20)3-4-14(15)21/h3-8,24H,2H2,1H3,(H,23,25). The average molecular weight is 456 g/mol. The van der Waals surface area contributed by atoms with E-state index in [-0.39, 0.29) is 17.1 Å². The number of rotatable bonds is 5. The van der Waals surface area contributed by atoms with Gasteiger partial charge < -0.3 is 15.2 Å². The summed E-state index contributed by atoms with van der Waals surface area (Å²) >= 11 is 15.1. The Hall–Kier alpha value is -2.20. The second-order valence-corrected chi connectivity index (χ2v) is 6.73. The van der Waals surface area contributed by atoms with E-state index in [4.69, 9.17) is 27.9 Å². The SMILES string of the molecule is CCOc1cc(C=C(C#N)C(=O)Nc2cc(Cl)ccc2Cl)cc(Br)c1O. The number of hydrogen-bond donors (Lipinski definition) is 2. The zero-order valence-electron chi connectivity index (χ0n) is 13.5. The Balaban J connectivity index is 2.34. The van der Waals surface area contributed by atoms with Crippen molar-refractivity contribution < 1.29 is 14.6 Å². The average Bonchev–Trinajstić information content (AvgIpc) is 2.60. The highest BCUT2D eigenvalue weighted by atomic mass is 79.9. The Labute approximate surface area is 168 Å². The maximum Gasteiger partial charge on any atom is 0.266 e. The van der Waals surface area contributed by atoms with E-state index < -0.39 is 5.91 Å². The number of nitriles is 1. The van der Waals surface area contributed by atoms with Gasteiger partial charge in [0.1, 0.15) is 11.6 Å². The first-order valence-corrected chi connectivity index (χ1v) is 8.94. The fourth-order valence-corrected chi connectivity index (χ4v) is 2.84. The third kappa shape index (κ3) is 4.92. The monoisotopic (exact) mass is 454 g/mol. The van der Waals surface area contributed by atoms with Crippen LogP contribution in [0.25, 0.3) is 6.08 Å². The number of phenolic OH excluding ortho intramolecular Hbond substituents is 1. The van der Waals surface area contributed by atoms with Crippen LogP contribution in [0.15, 0.2) is 40.4 Å². The van der Waals surface area contributed by atoms with Crippen LogP contribution in [0.3, 0.4) is 0 Å². The first-order chi connectivity index (χ1) is 12.3. The zero-order chi connectivity index (χ0) is 19.3. The normalized spacial score (nSPS) is 11.0. The molecular formula is C18H13BrCl2N2O3. The molecule has 0 heterocycles. The van der Waals surface area contributed by atoms with Crippen molar-refractivity contribution in [3.63, 3.8) is 0 Å². The summed E-state index contributed by atoms with van der Waals surface area (Å²) in [6.45, 7) is 2.13. The molecule has 5 nitrogen and oxygen atoms in total. The molecule has 2 aromatic rings. The Morgan fingerprint density at radius 3 is 2.77 bits per heavy atom. The van der Waals surface area contributed by atoms with E-state index in [0.29, 0.717) is 32.4 Å². The minimum absolute atomic E-state index is 0.0577. The molecule has 0 aliphatic heterocycles. The minimum atomic E-state index is -0.640. The van der Waals surface area contributed by atoms with E-state index in [1.165, 1.54) is 18.2 Å². The number of nitrogens with one attached hydrogen (secondary N) is 1. The smallest absolute Gasteiger partial charge is 0.266 e. The Morgan fingerprint density at radius 1 is 1.38 bits per heavy atom. The summed E-state index contributed by atoms with van der Waals surface area (Å²) in [6.07, 6.45) is 1.38. The molecule has 0 radical (unpaired) electrons. The van der Waals surface area contributed by atoms with Crippen LogP contribution in [-0.4, -0.2) is 17.6 Å². The van der Waals surface area contributed by atoms with Crippen LogP contribution in [0.5, 0.6) is 11.5 Å². The summed E-state index contributed by atoms with van der Waals surface area (Å²) in [5.41, 5.74) is 0.648. The Bertz CT molecular complexity index is 923. The Kier molecular flexibility index (Phi) is 6.92. The molecule has 0 fully saturated rings. The van der Waals surface area contributed by atoms with Crippen LogP contribution < -0.4 is 10.1 Å². The molecule has 0 spiro atoms. The van der Waals surface area contributed by atoms with E-state index in [1.807, 2.05) is 6.07 Å². The molecule has 0 aromatic heterocycles. The molecule has 26 heavy (non-hydrogen) atoms. The van der Waals surface area contributed by atoms with Gasteiger partial charge in [-0.05, 0) is 64.8 Å². The molecule has 8 heteroatoms. The van der Waals surface area contributed by atoms with E-state index >= 15 is 0 Å². The van der Waals surface area contributed by atoms with Crippen LogP contribution in [-0.2, 0) is 4.79 Å². The summed E-state index contributed by atoms with van der Waals surface area (Å²) in [5, 5.41) is 22.5. The van der Waals surface area contributed by atoms with Gasteiger partial charge in [-0.25, -0.2) is 0 Å². The van der Waals surface area contributed by atoms with Gasteiger partial charge in [-0.1, -0.05) is 23.2 Å². The van der Waals surface area contributed by atoms with Gasteiger partial charge in [0.05, 0.1) is 21.8 Å². The van der Waals surface area contributed by atoms with Crippen molar-refractivity contribution in [2.45, 2.75) is 6.92 Å². The third-order valence-electron chi connectivity index (χ3n) is 3.20. The van der Waals surface area contributed by atoms with Crippen LogP contribution in [0.4, 0.5) is 5.69 Å². The molecule has 2 rings (SSSR count). The molecular weight excluding hydrogens is 443 g/mol. The fourth-order valence-electron chi connectivity index (χ4n) is 2.04. The number of benzene rings is 2. The molecule has 1 amide bonds. The molecule has 134 valence electrons. The van der Waals surface area contributed by atoms with Gasteiger partial charge in [0.25, 0.3) is 5.91 Å². The minimum Gasteiger partial charge on any atom is -0.503 e. The number of carbonyl (C=O) groups is 1. The van der Waals surface area contributed by atoms with Crippen LogP contribution in [0.1, 0.15) is 12.5 Å². The predicted molar refractivity (Wildman–Crippen MR) is 106 cm³/mol. The second-order valence-electron chi connectivity index (χ2n) is 5.03. The fraction of sp³-hybridized carbons (Fsp3) is 0.111. The van der Waals surface area contributed by atoms with Crippen LogP contribution >= 0.6 is 39.1 Å². The van der Waals surface area contributed by atoms with Gasteiger partial charge >= 0.3 is 0 Å². The molecule has 0 aliphatic carbocycles. The number of nitrogens with zero attached hydrogens (tertiary/aromatic N) is 1. The van der Waals surface area contributed by atoms with Gasteiger partial charge in [0, 0.05) is 5.02 Å². The van der Waals surface area contributed by atoms with Crippen molar-refractivity contribution in [2.75, 3.05) is 11.9 Å². The van der Waals surface area contributed by atoms with Crippen molar-refractivity contribution in [1.82, 2.24) is 0 Å². The predicted octanol–water partition coefficient (Wildman–Crippen LogP) is 5.41. The first-order valence-electron chi connectivity index (χ1n) is 7.39. The molecule has 2 aromatic carbocycles.